The van der Waals surface area contributed by atoms with Crippen LogP contribution in [0.15, 0.2) is 61.1 Å². The summed E-state index contributed by atoms with van der Waals surface area (Å²) >= 11 is 0. The number of carbonyl (C=O) groups is 2. The molecule has 1 atom stereocenters. The Morgan fingerprint density at radius 1 is 1.17 bits per heavy atom. The molecule has 0 unspecified atom stereocenters. The first-order valence-corrected chi connectivity index (χ1v) is 9.70. The van der Waals surface area contributed by atoms with E-state index in [1.54, 1.807) is 12.3 Å². The van der Waals surface area contributed by atoms with Crippen molar-refractivity contribution in [3.05, 3.63) is 72.3 Å². The summed E-state index contributed by atoms with van der Waals surface area (Å²) in [4.78, 5) is 34.9. The third-order valence-electron chi connectivity index (χ3n) is 5.13. The summed E-state index contributed by atoms with van der Waals surface area (Å²) in [7, 11) is 0. The van der Waals surface area contributed by atoms with Gasteiger partial charge in [-0.05, 0) is 28.5 Å². The number of fused-ring (bicyclic) bond motifs is 1. The molecule has 1 aliphatic rings. The highest BCUT2D eigenvalue weighted by Gasteiger charge is 2.31. The van der Waals surface area contributed by atoms with Crippen molar-refractivity contribution in [3.63, 3.8) is 0 Å². The zero-order valence-corrected chi connectivity index (χ0v) is 16.0. The molecule has 0 aliphatic carbocycles. The average Bonchev–Trinajstić information content (AvgIpc) is 2.75. The molecule has 2 heterocycles. The predicted octanol–water partition coefficient (Wildman–Crippen LogP) is 1.64. The van der Waals surface area contributed by atoms with Crippen LogP contribution in [0, 0.1) is 0 Å². The van der Waals surface area contributed by atoms with Crippen LogP contribution in [0.1, 0.15) is 17.7 Å². The van der Waals surface area contributed by atoms with Crippen LogP contribution in [-0.4, -0.2) is 45.8 Å². The molecule has 1 saturated heterocycles. The van der Waals surface area contributed by atoms with E-state index in [0.717, 1.165) is 11.3 Å². The van der Waals surface area contributed by atoms with E-state index in [2.05, 4.69) is 55.8 Å². The van der Waals surface area contributed by atoms with Crippen LogP contribution < -0.4 is 10.6 Å². The molecule has 1 aliphatic heterocycles. The lowest BCUT2D eigenvalue weighted by molar-refractivity contribution is -0.134. The number of nitrogens with one attached hydrogen (secondary N) is 2. The first-order valence-electron chi connectivity index (χ1n) is 9.70. The largest absolute Gasteiger partial charge is 0.353 e. The highest BCUT2D eigenvalue weighted by atomic mass is 16.2. The van der Waals surface area contributed by atoms with Crippen molar-refractivity contribution in [2.75, 3.05) is 13.1 Å². The fourth-order valence-corrected chi connectivity index (χ4v) is 3.60. The maximum absolute atomic E-state index is 12.5. The predicted molar refractivity (Wildman–Crippen MR) is 110 cm³/mol. The molecule has 2 amide bonds. The average molecular weight is 389 g/mol. The molecule has 148 valence electrons. The zero-order chi connectivity index (χ0) is 20.1. The minimum atomic E-state index is -0.486. The summed E-state index contributed by atoms with van der Waals surface area (Å²) in [6.45, 7) is 2.25. The van der Waals surface area contributed by atoms with E-state index in [4.69, 9.17) is 0 Å². The first-order chi connectivity index (χ1) is 14.2. The number of aromatic nitrogens is 2. The number of benzene rings is 2. The van der Waals surface area contributed by atoms with E-state index < -0.39 is 6.04 Å². The monoisotopic (exact) mass is 389 g/mol. The summed E-state index contributed by atoms with van der Waals surface area (Å²) in [6.07, 6.45) is 3.19. The highest BCUT2D eigenvalue weighted by molar-refractivity contribution is 5.89. The zero-order valence-electron chi connectivity index (χ0n) is 16.0. The smallest absolute Gasteiger partial charge is 0.237 e. The number of hydrogen-bond donors (Lipinski definition) is 2. The second kappa shape index (κ2) is 8.79. The fraction of sp³-hybridized carbons (Fsp3) is 0.273. The Morgan fingerprint density at radius 2 is 2.03 bits per heavy atom. The van der Waals surface area contributed by atoms with Gasteiger partial charge >= 0.3 is 0 Å². The van der Waals surface area contributed by atoms with Crippen LogP contribution in [0.2, 0.25) is 0 Å². The number of carbonyl (C=O) groups excluding carboxylic acids is 2. The second-order valence-electron chi connectivity index (χ2n) is 7.14. The van der Waals surface area contributed by atoms with E-state index in [0.29, 0.717) is 26.2 Å². The Balaban J connectivity index is 1.42. The van der Waals surface area contributed by atoms with Crippen molar-refractivity contribution in [1.82, 2.24) is 25.5 Å². The lowest BCUT2D eigenvalue weighted by atomic mass is 10.0. The number of rotatable bonds is 6. The molecule has 2 N–H and O–H groups in total. The van der Waals surface area contributed by atoms with Gasteiger partial charge in [0.15, 0.2) is 0 Å². The van der Waals surface area contributed by atoms with E-state index in [-0.39, 0.29) is 18.2 Å². The molecule has 2 aromatic carbocycles. The molecule has 7 heteroatoms. The SMILES string of the molecule is O=C(C[C@@H]1C(=O)NCCN1Cc1ccc2ccccc2c1)NCc1ccncn1. The summed E-state index contributed by atoms with van der Waals surface area (Å²) in [6, 6.07) is 15.8. The lowest BCUT2D eigenvalue weighted by Crippen LogP contribution is -2.56. The minimum absolute atomic E-state index is 0.103. The highest BCUT2D eigenvalue weighted by Crippen LogP contribution is 2.19. The van der Waals surface area contributed by atoms with Gasteiger partial charge in [-0.25, -0.2) is 9.97 Å². The third kappa shape index (κ3) is 4.75. The molecule has 3 aromatic rings. The van der Waals surface area contributed by atoms with Crippen molar-refractivity contribution in [3.8, 4) is 0 Å². The van der Waals surface area contributed by atoms with Gasteiger partial charge in [-0.2, -0.15) is 0 Å². The Labute approximate surface area is 169 Å². The maximum Gasteiger partial charge on any atom is 0.237 e. The van der Waals surface area contributed by atoms with Gasteiger partial charge in [0.25, 0.3) is 0 Å². The standard InChI is InChI=1S/C22H23N5O2/c28-21(25-13-19-7-8-23-15-26-19)12-20-22(29)24-9-10-27(20)14-16-5-6-17-3-1-2-4-18(17)11-16/h1-8,11,15,20H,9-10,12-14H2,(H,24,29)(H,25,28)/t20-/m1/s1. The molecule has 29 heavy (non-hydrogen) atoms. The van der Waals surface area contributed by atoms with E-state index in [9.17, 15) is 9.59 Å². The van der Waals surface area contributed by atoms with Gasteiger partial charge in [0.2, 0.25) is 11.8 Å². The van der Waals surface area contributed by atoms with Crippen molar-refractivity contribution in [1.29, 1.82) is 0 Å². The second-order valence-corrected chi connectivity index (χ2v) is 7.14. The molecule has 0 bridgehead atoms. The van der Waals surface area contributed by atoms with Crippen LogP contribution in [0.5, 0.6) is 0 Å². The molecule has 1 aromatic heterocycles. The quantitative estimate of drug-likeness (QED) is 0.669. The minimum Gasteiger partial charge on any atom is -0.353 e. The number of piperazine rings is 1. The Hall–Kier alpha value is -3.32. The van der Waals surface area contributed by atoms with Gasteiger partial charge in [0.1, 0.15) is 6.33 Å². The molecule has 1 fully saturated rings. The summed E-state index contributed by atoms with van der Waals surface area (Å²) < 4.78 is 0. The Bertz CT molecular complexity index is 1010. The van der Waals surface area contributed by atoms with Crippen LogP contribution in [0.25, 0.3) is 10.8 Å². The Morgan fingerprint density at radius 3 is 2.86 bits per heavy atom. The number of amides is 2. The molecule has 4 rings (SSSR count). The topological polar surface area (TPSA) is 87.2 Å². The maximum atomic E-state index is 12.5. The van der Waals surface area contributed by atoms with Crippen molar-refractivity contribution in [2.24, 2.45) is 0 Å². The first kappa shape index (κ1) is 19.0. The molecular formula is C22H23N5O2. The van der Waals surface area contributed by atoms with Crippen molar-refractivity contribution < 1.29 is 9.59 Å². The van der Waals surface area contributed by atoms with Gasteiger partial charge < -0.3 is 10.6 Å². The number of hydrogen-bond acceptors (Lipinski definition) is 5. The van der Waals surface area contributed by atoms with Gasteiger partial charge in [0, 0.05) is 25.8 Å². The molecule has 0 radical (unpaired) electrons. The van der Waals surface area contributed by atoms with E-state index in [1.807, 2.05) is 12.1 Å². The fourth-order valence-electron chi connectivity index (χ4n) is 3.60. The van der Waals surface area contributed by atoms with Crippen LogP contribution in [-0.2, 0) is 22.7 Å². The van der Waals surface area contributed by atoms with Gasteiger partial charge in [-0.1, -0.05) is 36.4 Å². The molecule has 7 nitrogen and oxygen atoms in total. The number of nitrogens with zero attached hydrogens (tertiary/aromatic N) is 3. The van der Waals surface area contributed by atoms with Gasteiger partial charge in [0.05, 0.1) is 24.7 Å². The van der Waals surface area contributed by atoms with Gasteiger partial charge in [-0.3, -0.25) is 14.5 Å². The molecule has 0 saturated carbocycles. The van der Waals surface area contributed by atoms with Crippen LogP contribution in [0.3, 0.4) is 0 Å². The van der Waals surface area contributed by atoms with Gasteiger partial charge in [-0.15, -0.1) is 0 Å². The summed E-state index contributed by atoms with van der Waals surface area (Å²) in [5.74, 6) is -0.275. The normalized spacial score (nSPS) is 17.1. The third-order valence-corrected chi connectivity index (χ3v) is 5.13. The summed E-state index contributed by atoms with van der Waals surface area (Å²) in [5.41, 5.74) is 1.86. The van der Waals surface area contributed by atoms with Crippen molar-refractivity contribution in [2.45, 2.75) is 25.6 Å². The summed E-state index contributed by atoms with van der Waals surface area (Å²) in [5, 5.41) is 8.08. The van der Waals surface area contributed by atoms with Crippen LogP contribution in [0.4, 0.5) is 0 Å². The van der Waals surface area contributed by atoms with E-state index >= 15 is 0 Å². The molecule has 0 spiro atoms. The van der Waals surface area contributed by atoms with Crippen LogP contribution >= 0.6 is 0 Å². The van der Waals surface area contributed by atoms with E-state index in [1.165, 1.54) is 17.1 Å². The Kier molecular flexibility index (Phi) is 5.76. The van der Waals surface area contributed by atoms with Crippen molar-refractivity contribution >= 4 is 22.6 Å². The molecular weight excluding hydrogens is 366 g/mol. The lowest BCUT2D eigenvalue weighted by Gasteiger charge is -2.34.